The first-order valence-corrected chi connectivity index (χ1v) is 11.4. The number of benzene rings is 1. The molecule has 0 radical (unpaired) electrons. The molecule has 1 heterocycles. The molecule has 0 aromatic heterocycles. The summed E-state index contributed by atoms with van der Waals surface area (Å²) in [6.07, 6.45) is 6.65. The van der Waals surface area contributed by atoms with Crippen molar-refractivity contribution in [2.45, 2.75) is 49.5 Å². The van der Waals surface area contributed by atoms with Crippen LogP contribution in [-0.2, 0) is 24.4 Å². The van der Waals surface area contributed by atoms with Crippen LogP contribution in [0.4, 0.5) is 0 Å². The highest BCUT2D eigenvalue weighted by Crippen LogP contribution is 2.35. The zero-order chi connectivity index (χ0) is 21.0. The van der Waals surface area contributed by atoms with Crippen LogP contribution in [0, 0.1) is 5.92 Å². The van der Waals surface area contributed by atoms with Crippen molar-refractivity contribution in [3.8, 4) is 0 Å². The van der Waals surface area contributed by atoms with Crippen molar-refractivity contribution < 1.29 is 27.6 Å². The number of rotatable bonds is 6. The van der Waals surface area contributed by atoms with Gasteiger partial charge in [0.05, 0.1) is 17.6 Å². The largest absolute Gasteiger partial charge is 0.452 e. The number of hydrogen-bond donors (Lipinski definition) is 0. The number of esters is 1. The molecular formula is C20H28N2O6S. The number of sulfonamides is 1. The van der Waals surface area contributed by atoms with E-state index in [1.165, 1.54) is 44.8 Å². The van der Waals surface area contributed by atoms with Crippen LogP contribution in [0.1, 0.15) is 48.9 Å². The van der Waals surface area contributed by atoms with E-state index in [0.717, 1.165) is 32.1 Å². The Morgan fingerprint density at radius 1 is 1.17 bits per heavy atom. The fourth-order valence-electron chi connectivity index (χ4n) is 4.26. The van der Waals surface area contributed by atoms with Crippen molar-refractivity contribution in [3.63, 3.8) is 0 Å². The fourth-order valence-corrected chi connectivity index (χ4v) is 5.28. The van der Waals surface area contributed by atoms with E-state index >= 15 is 0 Å². The summed E-state index contributed by atoms with van der Waals surface area (Å²) in [4.78, 5) is 31.6. The lowest BCUT2D eigenvalue weighted by Crippen LogP contribution is -2.50. The van der Waals surface area contributed by atoms with Crippen LogP contribution in [0.3, 0.4) is 0 Å². The van der Waals surface area contributed by atoms with Gasteiger partial charge in [0, 0.05) is 19.6 Å². The van der Waals surface area contributed by atoms with Crippen LogP contribution in [0.25, 0.3) is 0 Å². The van der Waals surface area contributed by atoms with Crippen molar-refractivity contribution in [1.29, 1.82) is 0 Å². The van der Waals surface area contributed by atoms with E-state index in [9.17, 15) is 18.0 Å². The molecule has 1 saturated carbocycles. The molecular weight excluding hydrogens is 396 g/mol. The minimum Gasteiger partial charge on any atom is -0.452 e. The third-order valence-electron chi connectivity index (χ3n) is 5.85. The van der Waals surface area contributed by atoms with Crippen LogP contribution in [-0.4, -0.2) is 63.0 Å². The number of fused-ring (bicyclic) bond motifs is 1. The molecule has 2 fully saturated rings. The molecule has 0 unspecified atom stereocenters. The molecule has 9 heteroatoms. The van der Waals surface area contributed by atoms with Crippen LogP contribution >= 0.6 is 0 Å². The summed E-state index contributed by atoms with van der Waals surface area (Å²) in [5.74, 6) is -0.359. The van der Waals surface area contributed by atoms with Gasteiger partial charge in [-0.25, -0.2) is 13.2 Å². The van der Waals surface area contributed by atoms with Crippen LogP contribution < -0.4 is 0 Å². The topological polar surface area (TPSA) is 93.2 Å². The number of amides is 1. The number of carbonyl (C=O) groups excluding carboxylic acids is 2. The maximum Gasteiger partial charge on any atom is 0.338 e. The van der Waals surface area contributed by atoms with Crippen LogP contribution in [0.2, 0.25) is 0 Å². The third-order valence-corrected chi connectivity index (χ3v) is 7.53. The Morgan fingerprint density at radius 2 is 1.90 bits per heavy atom. The monoisotopic (exact) mass is 424 g/mol. The van der Waals surface area contributed by atoms with Crippen molar-refractivity contribution in [1.82, 2.24) is 9.37 Å². The van der Waals surface area contributed by atoms with Gasteiger partial charge in [0.25, 0.3) is 15.9 Å². The molecule has 8 nitrogen and oxygen atoms in total. The highest BCUT2D eigenvalue weighted by atomic mass is 32.2. The summed E-state index contributed by atoms with van der Waals surface area (Å²) in [6.45, 7) is 0.367. The zero-order valence-corrected chi connectivity index (χ0v) is 17.7. The molecule has 29 heavy (non-hydrogen) atoms. The lowest BCUT2D eigenvalue weighted by atomic mass is 9.78. The van der Waals surface area contributed by atoms with E-state index in [1.807, 2.05) is 4.90 Å². The number of piperidine rings is 1. The van der Waals surface area contributed by atoms with Gasteiger partial charge in [-0.3, -0.25) is 9.63 Å². The van der Waals surface area contributed by atoms with E-state index in [-0.39, 0.29) is 29.0 Å². The molecule has 1 aromatic rings. The predicted octanol–water partition coefficient (Wildman–Crippen LogP) is 2.21. The Morgan fingerprint density at radius 3 is 2.66 bits per heavy atom. The highest BCUT2D eigenvalue weighted by Gasteiger charge is 2.35. The van der Waals surface area contributed by atoms with Gasteiger partial charge < -0.3 is 9.64 Å². The van der Waals surface area contributed by atoms with E-state index < -0.39 is 16.0 Å². The standard InChI is InChI=1S/C20H28N2O6S/c1-21(27-2)29(25,26)17-10-5-8-16(13-17)20(24)28-14-19(23)22-12-6-9-15-7-3-4-11-18(15)22/h5,8,10,13,15,18H,3-4,6-7,9,11-12,14H2,1-2H3/t15-,18-/m0/s1. The molecule has 0 N–H and O–H groups in total. The van der Waals surface area contributed by atoms with E-state index in [0.29, 0.717) is 16.9 Å². The van der Waals surface area contributed by atoms with E-state index in [2.05, 4.69) is 0 Å². The maximum absolute atomic E-state index is 12.7. The quantitative estimate of drug-likeness (QED) is 0.513. The molecule has 3 rings (SSSR count). The number of hydrogen-bond acceptors (Lipinski definition) is 6. The maximum atomic E-state index is 12.7. The minimum atomic E-state index is -3.88. The normalized spacial score (nSPS) is 22.2. The first-order valence-electron chi connectivity index (χ1n) is 9.94. The van der Waals surface area contributed by atoms with Gasteiger partial charge in [-0.15, -0.1) is 0 Å². The highest BCUT2D eigenvalue weighted by molar-refractivity contribution is 7.89. The molecule has 0 bridgehead atoms. The Labute approximate surface area is 171 Å². The van der Waals surface area contributed by atoms with E-state index in [1.54, 1.807) is 0 Å². The number of carbonyl (C=O) groups is 2. The number of ether oxygens (including phenoxy) is 1. The number of likely N-dealkylation sites (tertiary alicyclic amines) is 1. The molecule has 2 aliphatic rings. The van der Waals surface area contributed by atoms with Crippen LogP contribution in [0.5, 0.6) is 0 Å². The van der Waals surface area contributed by atoms with Gasteiger partial charge >= 0.3 is 5.97 Å². The molecule has 2 atom stereocenters. The minimum absolute atomic E-state index is 0.0672. The molecule has 1 aromatic carbocycles. The summed E-state index contributed by atoms with van der Waals surface area (Å²) in [5, 5.41) is 0. The number of hydroxylamine groups is 1. The molecule has 160 valence electrons. The van der Waals surface area contributed by atoms with Crippen LogP contribution in [0.15, 0.2) is 29.2 Å². The van der Waals surface area contributed by atoms with Crippen molar-refractivity contribution in [2.24, 2.45) is 5.92 Å². The van der Waals surface area contributed by atoms with Crippen molar-refractivity contribution in [3.05, 3.63) is 29.8 Å². The smallest absolute Gasteiger partial charge is 0.338 e. The zero-order valence-electron chi connectivity index (χ0n) is 16.9. The number of nitrogens with zero attached hydrogens (tertiary/aromatic N) is 2. The van der Waals surface area contributed by atoms with Gasteiger partial charge in [0.1, 0.15) is 0 Å². The van der Waals surface area contributed by atoms with Crippen molar-refractivity contribution >= 4 is 21.9 Å². The lowest BCUT2D eigenvalue weighted by molar-refractivity contribution is -0.140. The molecule has 1 aliphatic heterocycles. The summed E-state index contributed by atoms with van der Waals surface area (Å²) in [7, 11) is -1.38. The molecule has 1 amide bonds. The molecule has 1 aliphatic carbocycles. The SMILES string of the molecule is CON(C)S(=O)(=O)c1cccc(C(=O)OCC(=O)N2CCC[C@@H]3CCCC[C@@H]32)c1. The Balaban J connectivity index is 1.63. The van der Waals surface area contributed by atoms with Gasteiger partial charge in [-0.1, -0.05) is 23.4 Å². The van der Waals surface area contributed by atoms with Crippen molar-refractivity contribution in [2.75, 3.05) is 27.3 Å². The summed E-state index contributed by atoms with van der Waals surface area (Å²) in [6, 6.07) is 5.74. The first-order chi connectivity index (χ1) is 13.8. The van der Waals surface area contributed by atoms with E-state index in [4.69, 9.17) is 9.57 Å². The second-order valence-electron chi connectivity index (χ2n) is 7.54. The molecule has 0 spiro atoms. The van der Waals surface area contributed by atoms with Gasteiger partial charge in [-0.2, -0.15) is 0 Å². The first kappa shape index (κ1) is 21.7. The lowest BCUT2D eigenvalue weighted by Gasteiger charge is -2.44. The fraction of sp³-hybridized carbons (Fsp3) is 0.600. The molecule has 1 saturated heterocycles. The summed E-state index contributed by atoms with van der Waals surface area (Å²) >= 11 is 0. The average molecular weight is 425 g/mol. The average Bonchev–Trinajstić information content (AvgIpc) is 2.76. The van der Waals surface area contributed by atoms with Gasteiger partial charge in [0.2, 0.25) is 0 Å². The predicted molar refractivity (Wildman–Crippen MR) is 105 cm³/mol. The second kappa shape index (κ2) is 9.23. The Bertz CT molecular complexity index is 854. The van der Waals surface area contributed by atoms with Gasteiger partial charge in [0.15, 0.2) is 6.61 Å². The second-order valence-corrected chi connectivity index (χ2v) is 9.48. The Hall–Kier alpha value is -1.97. The third kappa shape index (κ3) is 4.79. The summed E-state index contributed by atoms with van der Waals surface area (Å²) < 4.78 is 30.6. The Kier molecular flexibility index (Phi) is 6.92. The van der Waals surface area contributed by atoms with Gasteiger partial charge in [-0.05, 0) is 49.8 Å². The summed E-state index contributed by atoms with van der Waals surface area (Å²) in [5.41, 5.74) is 0.0672.